The van der Waals surface area contributed by atoms with E-state index in [0.717, 1.165) is 22.3 Å². The number of fused-ring (bicyclic) bond motifs is 2. The SMILES string of the molecule is CC(c1ccc2ncccc2c1)c1nnc2ccc(-c3cccc(F)c3)nn12. The van der Waals surface area contributed by atoms with E-state index in [1.807, 2.05) is 36.4 Å². The molecular weight excluding hydrogens is 353 g/mol. The van der Waals surface area contributed by atoms with Crippen LogP contribution in [0.25, 0.3) is 27.8 Å². The van der Waals surface area contributed by atoms with Gasteiger partial charge in [-0.15, -0.1) is 10.2 Å². The van der Waals surface area contributed by atoms with E-state index in [-0.39, 0.29) is 11.7 Å². The van der Waals surface area contributed by atoms with Gasteiger partial charge in [0, 0.05) is 23.1 Å². The van der Waals surface area contributed by atoms with Crippen LogP contribution in [0.15, 0.2) is 72.9 Å². The fraction of sp³-hybridized carbons (Fsp3) is 0.0909. The molecule has 0 fully saturated rings. The van der Waals surface area contributed by atoms with Crippen molar-refractivity contribution >= 4 is 16.6 Å². The third-order valence-electron chi connectivity index (χ3n) is 4.92. The fourth-order valence-electron chi connectivity index (χ4n) is 3.39. The number of halogens is 1. The summed E-state index contributed by atoms with van der Waals surface area (Å²) in [5, 5.41) is 14.4. The fourth-order valence-corrected chi connectivity index (χ4v) is 3.39. The Balaban J connectivity index is 1.60. The number of rotatable bonds is 3. The molecule has 0 radical (unpaired) electrons. The highest BCUT2D eigenvalue weighted by Gasteiger charge is 2.17. The minimum atomic E-state index is -0.290. The third-order valence-corrected chi connectivity index (χ3v) is 4.92. The number of pyridine rings is 1. The maximum atomic E-state index is 13.6. The molecule has 5 rings (SSSR count). The Labute approximate surface area is 160 Å². The van der Waals surface area contributed by atoms with Crippen LogP contribution in [0.5, 0.6) is 0 Å². The Morgan fingerprint density at radius 2 is 1.86 bits per heavy atom. The predicted octanol–water partition coefficient (Wildman–Crippen LogP) is 4.63. The van der Waals surface area contributed by atoms with Crippen molar-refractivity contribution in [3.63, 3.8) is 0 Å². The average Bonchev–Trinajstić information content (AvgIpc) is 3.16. The van der Waals surface area contributed by atoms with Crippen LogP contribution in [-0.4, -0.2) is 24.8 Å². The van der Waals surface area contributed by atoms with E-state index in [2.05, 4.69) is 39.3 Å². The maximum absolute atomic E-state index is 13.6. The first-order chi connectivity index (χ1) is 13.7. The molecule has 0 aliphatic rings. The van der Waals surface area contributed by atoms with Gasteiger partial charge in [0.05, 0.1) is 11.2 Å². The molecule has 0 bridgehead atoms. The molecule has 3 aromatic heterocycles. The zero-order valence-electron chi connectivity index (χ0n) is 15.1. The van der Waals surface area contributed by atoms with Gasteiger partial charge in [0.2, 0.25) is 0 Å². The zero-order chi connectivity index (χ0) is 19.1. The standard InChI is InChI=1S/C22H16FN5/c1-14(15-7-8-19-16(12-15)5-3-11-24-19)22-26-25-21-10-9-20(27-28(21)22)17-4-2-6-18(23)13-17/h2-14H,1H3. The summed E-state index contributed by atoms with van der Waals surface area (Å²) in [7, 11) is 0. The van der Waals surface area contributed by atoms with Crippen molar-refractivity contribution in [2.75, 3.05) is 0 Å². The molecule has 136 valence electrons. The summed E-state index contributed by atoms with van der Waals surface area (Å²) in [6.45, 7) is 2.07. The van der Waals surface area contributed by atoms with Gasteiger partial charge < -0.3 is 0 Å². The second kappa shape index (κ2) is 6.49. The number of hydrogen-bond donors (Lipinski definition) is 0. The molecule has 5 nitrogen and oxygen atoms in total. The van der Waals surface area contributed by atoms with Gasteiger partial charge in [-0.3, -0.25) is 4.98 Å². The largest absolute Gasteiger partial charge is 0.256 e. The molecule has 28 heavy (non-hydrogen) atoms. The molecule has 2 aromatic carbocycles. The first kappa shape index (κ1) is 16.5. The van der Waals surface area contributed by atoms with Crippen molar-refractivity contribution in [3.05, 3.63) is 90.1 Å². The van der Waals surface area contributed by atoms with Gasteiger partial charge >= 0.3 is 0 Å². The normalized spacial score (nSPS) is 12.5. The summed E-state index contributed by atoms with van der Waals surface area (Å²) in [6.07, 6.45) is 1.79. The number of nitrogens with zero attached hydrogens (tertiary/aromatic N) is 5. The first-order valence-corrected chi connectivity index (χ1v) is 9.02. The van der Waals surface area contributed by atoms with Crippen LogP contribution in [0.4, 0.5) is 4.39 Å². The molecule has 0 saturated heterocycles. The maximum Gasteiger partial charge on any atom is 0.177 e. The van der Waals surface area contributed by atoms with Crippen LogP contribution in [0.3, 0.4) is 0 Å². The Morgan fingerprint density at radius 1 is 0.929 bits per heavy atom. The second-order valence-corrected chi connectivity index (χ2v) is 6.73. The van der Waals surface area contributed by atoms with Crippen LogP contribution in [-0.2, 0) is 0 Å². The smallest absolute Gasteiger partial charge is 0.177 e. The van der Waals surface area contributed by atoms with Gasteiger partial charge in [-0.25, -0.2) is 4.39 Å². The molecule has 0 amide bonds. The highest BCUT2D eigenvalue weighted by Crippen LogP contribution is 2.26. The van der Waals surface area contributed by atoms with E-state index in [1.165, 1.54) is 12.1 Å². The van der Waals surface area contributed by atoms with Crippen molar-refractivity contribution in [1.29, 1.82) is 0 Å². The van der Waals surface area contributed by atoms with Crippen molar-refractivity contribution in [3.8, 4) is 11.3 Å². The number of aromatic nitrogens is 5. The van der Waals surface area contributed by atoms with Crippen LogP contribution >= 0.6 is 0 Å². The van der Waals surface area contributed by atoms with Gasteiger partial charge in [-0.05, 0) is 48.0 Å². The lowest BCUT2D eigenvalue weighted by Gasteiger charge is -2.11. The number of benzene rings is 2. The molecule has 0 spiro atoms. The van der Waals surface area contributed by atoms with E-state index in [0.29, 0.717) is 16.9 Å². The molecule has 0 aliphatic carbocycles. The highest BCUT2D eigenvalue weighted by molar-refractivity contribution is 5.79. The van der Waals surface area contributed by atoms with Crippen LogP contribution < -0.4 is 0 Å². The van der Waals surface area contributed by atoms with Crippen molar-refractivity contribution in [2.24, 2.45) is 0 Å². The van der Waals surface area contributed by atoms with E-state index in [9.17, 15) is 4.39 Å². The summed E-state index contributed by atoms with van der Waals surface area (Å²) >= 11 is 0. The second-order valence-electron chi connectivity index (χ2n) is 6.73. The zero-order valence-corrected chi connectivity index (χ0v) is 15.1. The highest BCUT2D eigenvalue weighted by atomic mass is 19.1. The molecule has 1 atom stereocenters. The van der Waals surface area contributed by atoms with Crippen molar-refractivity contribution < 1.29 is 4.39 Å². The molecule has 1 unspecified atom stereocenters. The molecular formula is C22H16FN5. The third kappa shape index (κ3) is 2.79. The Bertz CT molecular complexity index is 1310. The van der Waals surface area contributed by atoms with E-state index >= 15 is 0 Å². The van der Waals surface area contributed by atoms with E-state index in [4.69, 9.17) is 0 Å². The predicted molar refractivity (Wildman–Crippen MR) is 105 cm³/mol. The van der Waals surface area contributed by atoms with Crippen molar-refractivity contribution in [1.82, 2.24) is 24.8 Å². The van der Waals surface area contributed by atoms with Gasteiger partial charge in [0.1, 0.15) is 5.82 Å². The number of hydrogen-bond acceptors (Lipinski definition) is 4. The lowest BCUT2D eigenvalue weighted by molar-refractivity contribution is 0.628. The average molecular weight is 369 g/mol. The summed E-state index contributed by atoms with van der Waals surface area (Å²) in [4.78, 5) is 4.37. The minimum absolute atomic E-state index is 0.0186. The summed E-state index contributed by atoms with van der Waals surface area (Å²) in [5.74, 6) is 0.424. The lowest BCUT2D eigenvalue weighted by Crippen LogP contribution is -2.05. The molecule has 3 heterocycles. The Morgan fingerprint density at radius 3 is 2.75 bits per heavy atom. The quantitative estimate of drug-likeness (QED) is 0.465. The summed E-state index contributed by atoms with van der Waals surface area (Å²) in [5.41, 5.74) is 4.10. The van der Waals surface area contributed by atoms with Gasteiger partial charge in [0.25, 0.3) is 0 Å². The molecule has 0 aliphatic heterocycles. The van der Waals surface area contributed by atoms with Crippen LogP contribution in [0, 0.1) is 5.82 Å². The Hall–Kier alpha value is -3.67. The monoisotopic (exact) mass is 369 g/mol. The summed E-state index contributed by atoms with van der Waals surface area (Å²) < 4.78 is 15.3. The molecule has 6 heteroatoms. The van der Waals surface area contributed by atoms with Gasteiger partial charge in [-0.2, -0.15) is 9.61 Å². The van der Waals surface area contributed by atoms with Gasteiger partial charge in [-0.1, -0.05) is 31.2 Å². The molecule has 0 saturated carbocycles. The topological polar surface area (TPSA) is 56.0 Å². The lowest BCUT2D eigenvalue weighted by atomic mass is 9.98. The van der Waals surface area contributed by atoms with Crippen molar-refractivity contribution in [2.45, 2.75) is 12.8 Å². The molecule has 0 N–H and O–H groups in total. The summed E-state index contributed by atoms with van der Waals surface area (Å²) in [6, 6.07) is 20.2. The van der Waals surface area contributed by atoms with E-state index < -0.39 is 0 Å². The minimum Gasteiger partial charge on any atom is -0.256 e. The van der Waals surface area contributed by atoms with E-state index in [1.54, 1.807) is 16.8 Å². The van der Waals surface area contributed by atoms with Gasteiger partial charge in [0.15, 0.2) is 11.5 Å². The first-order valence-electron chi connectivity index (χ1n) is 9.02. The van der Waals surface area contributed by atoms with Crippen LogP contribution in [0.2, 0.25) is 0 Å². The Kier molecular flexibility index (Phi) is 3.83. The molecule has 5 aromatic rings. The van der Waals surface area contributed by atoms with Crippen LogP contribution in [0.1, 0.15) is 24.2 Å².